The van der Waals surface area contributed by atoms with Crippen molar-refractivity contribution in [1.82, 2.24) is 9.55 Å². The summed E-state index contributed by atoms with van der Waals surface area (Å²) in [6.07, 6.45) is 9.09. The SMILES string of the molecule is CCCCN(C(=O)COC(=O)CCC1CCCCC1)c1c(N)n(CCC)c(=O)[nH]c1=O. The highest BCUT2D eigenvalue weighted by Crippen LogP contribution is 2.27. The van der Waals surface area contributed by atoms with Crippen LogP contribution in [0.1, 0.15) is 78.1 Å². The van der Waals surface area contributed by atoms with Crippen LogP contribution in [0.15, 0.2) is 9.59 Å². The van der Waals surface area contributed by atoms with E-state index in [9.17, 15) is 19.2 Å². The molecular weight excluding hydrogens is 400 g/mol. The van der Waals surface area contributed by atoms with Gasteiger partial charge in [-0.05, 0) is 25.2 Å². The van der Waals surface area contributed by atoms with E-state index in [1.165, 1.54) is 28.7 Å². The Morgan fingerprint density at radius 1 is 1.16 bits per heavy atom. The van der Waals surface area contributed by atoms with Crippen LogP contribution in [0.4, 0.5) is 11.5 Å². The van der Waals surface area contributed by atoms with Crippen molar-refractivity contribution < 1.29 is 14.3 Å². The fourth-order valence-corrected chi connectivity index (χ4v) is 4.05. The van der Waals surface area contributed by atoms with Crippen molar-refractivity contribution in [3.63, 3.8) is 0 Å². The summed E-state index contributed by atoms with van der Waals surface area (Å²) in [6.45, 7) is 3.94. The van der Waals surface area contributed by atoms with E-state index in [4.69, 9.17) is 10.5 Å². The zero-order valence-corrected chi connectivity index (χ0v) is 18.8. The van der Waals surface area contributed by atoms with Gasteiger partial charge in [0.25, 0.3) is 11.5 Å². The third-order valence-corrected chi connectivity index (χ3v) is 5.81. The summed E-state index contributed by atoms with van der Waals surface area (Å²) in [6, 6.07) is 0. The van der Waals surface area contributed by atoms with Crippen LogP contribution < -0.4 is 21.9 Å². The first-order valence-electron chi connectivity index (χ1n) is 11.5. The minimum atomic E-state index is -0.720. The lowest BCUT2D eigenvalue weighted by molar-refractivity contribution is -0.148. The molecule has 0 atom stereocenters. The molecule has 1 aromatic rings. The van der Waals surface area contributed by atoms with Crippen LogP contribution in [0.5, 0.6) is 0 Å². The fraction of sp³-hybridized carbons (Fsp3) is 0.727. The van der Waals surface area contributed by atoms with Crippen molar-refractivity contribution in [2.45, 2.75) is 84.6 Å². The Hall–Kier alpha value is -2.58. The Morgan fingerprint density at radius 2 is 1.87 bits per heavy atom. The molecule has 1 amide bonds. The van der Waals surface area contributed by atoms with Gasteiger partial charge < -0.3 is 15.4 Å². The first-order chi connectivity index (χ1) is 14.9. The molecule has 1 aromatic heterocycles. The monoisotopic (exact) mass is 436 g/mol. The maximum Gasteiger partial charge on any atom is 0.330 e. The van der Waals surface area contributed by atoms with Crippen molar-refractivity contribution >= 4 is 23.4 Å². The molecular formula is C22H36N4O5. The number of nitrogens with one attached hydrogen (secondary N) is 1. The zero-order valence-electron chi connectivity index (χ0n) is 18.8. The number of carbonyl (C=O) groups is 2. The van der Waals surface area contributed by atoms with E-state index < -0.39 is 29.7 Å². The van der Waals surface area contributed by atoms with Crippen LogP contribution >= 0.6 is 0 Å². The highest BCUT2D eigenvalue weighted by molar-refractivity contribution is 5.97. The Labute approximate surface area is 183 Å². The Balaban J connectivity index is 2.08. The number of amides is 1. The van der Waals surface area contributed by atoms with Crippen LogP contribution in [-0.2, 0) is 20.9 Å². The molecule has 1 aliphatic rings. The van der Waals surface area contributed by atoms with Gasteiger partial charge in [-0.15, -0.1) is 0 Å². The van der Waals surface area contributed by atoms with Crippen LogP contribution in [0.25, 0.3) is 0 Å². The molecule has 0 saturated heterocycles. The number of carbonyl (C=O) groups excluding carboxylic acids is 2. The minimum Gasteiger partial charge on any atom is -0.456 e. The molecule has 1 aliphatic carbocycles. The van der Waals surface area contributed by atoms with E-state index >= 15 is 0 Å². The average molecular weight is 437 g/mol. The Bertz CT molecular complexity index is 854. The van der Waals surface area contributed by atoms with Gasteiger partial charge in [0.2, 0.25) is 0 Å². The Morgan fingerprint density at radius 3 is 2.52 bits per heavy atom. The molecule has 9 nitrogen and oxygen atoms in total. The van der Waals surface area contributed by atoms with Gasteiger partial charge in [0.15, 0.2) is 12.3 Å². The molecule has 0 unspecified atom stereocenters. The second-order valence-corrected chi connectivity index (χ2v) is 8.25. The molecule has 1 heterocycles. The predicted octanol–water partition coefficient (Wildman–Crippen LogP) is 2.57. The minimum absolute atomic E-state index is 0.0521. The second-order valence-electron chi connectivity index (χ2n) is 8.25. The quantitative estimate of drug-likeness (QED) is 0.513. The summed E-state index contributed by atoms with van der Waals surface area (Å²) in [4.78, 5) is 53.1. The van der Waals surface area contributed by atoms with Crippen molar-refractivity contribution in [2.24, 2.45) is 5.92 Å². The maximum absolute atomic E-state index is 12.9. The number of anilines is 2. The lowest BCUT2D eigenvalue weighted by Crippen LogP contribution is -2.43. The number of hydrogen-bond acceptors (Lipinski definition) is 6. The third kappa shape index (κ3) is 6.97. The highest BCUT2D eigenvalue weighted by atomic mass is 16.5. The van der Waals surface area contributed by atoms with Crippen LogP contribution in [0.2, 0.25) is 0 Å². The van der Waals surface area contributed by atoms with Gasteiger partial charge >= 0.3 is 11.7 Å². The summed E-state index contributed by atoms with van der Waals surface area (Å²) >= 11 is 0. The number of ether oxygens (including phenoxy) is 1. The van der Waals surface area contributed by atoms with E-state index in [1.54, 1.807) is 0 Å². The van der Waals surface area contributed by atoms with Crippen molar-refractivity contribution in [3.8, 4) is 0 Å². The Kier molecular flexibility index (Phi) is 9.81. The molecule has 9 heteroatoms. The summed E-state index contributed by atoms with van der Waals surface area (Å²) in [7, 11) is 0. The normalized spacial score (nSPS) is 14.4. The summed E-state index contributed by atoms with van der Waals surface area (Å²) in [5.74, 6) is -0.440. The van der Waals surface area contributed by atoms with Crippen molar-refractivity contribution in [1.29, 1.82) is 0 Å². The number of aromatic amines is 1. The topological polar surface area (TPSA) is 127 Å². The lowest BCUT2D eigenvalue weighted by atomic mass is 9.86. The van der Waals surface area contributed by atoms with Crippen LogP contribution in [-0.4, -0.2) is 34.6 Å². The zero-order chi connectivity index (χ0) is 22.8. The molecule has 0 bridgehead atoms. The van der Waals surface area contributed by atoms with Gasteiger partial charge in [-0.1, -0.05) is 52.4 Å². The second kappa shape index (κ2) is 12.3. The molecule has 0 radical (unpaired) electrons. The van der Waals surface area contributed by atoms with Gasteiger partial charge in [-0.3, -0.25) is 23.9 Å². The number of nitrogen functional groups attached to an aromatic ring is 1. The molecule has 3 N–H and O–H groups in total. The van der Waals surface area contributed by atoms with E-state index in [0.29, 0.717) is 25.3 Å². The molecule has 0 aromatic carbocycles. The number of H-pyrrole nitrogens is 1. The van der Waals surface area contributed by atoms with Crippen LogP contribution in [0.3, 0.4) is 0 Å². The molecule has 0 aliphatic heterocycles. The fourth-order valence-electron chi connectivity index (χ4n) is 4.05. The van der Waals surface area contributed by atoms with E-state index in [1.807, 2.05) is 13.8 Å². The summed E-state index contributed by atoms with van der Waals surface area (Å²) < 4.78 is 6.46. The van der Waals surface area contributed by atoms with Gasteiger partial charge in [0.1, 0.15) is 5.82 Å². The molecule has 174 valence electrons. The number of nitrogens with two attached hydrogens (primary N) is 1. The van der Waals surface area contributed by atoms with E-state index in [2.05, 4.69) is 4.98 Å². The third-order valence-electron chi connectivity index (χ3n) is 5.81. The van der Waals surface area contributed by atoms with E-state index in [-0.39, 0.29) is 24.5 Å². The molecule has 2 rings (SSSR count). The maximum atomic E-state index is 12.9. The number of hydrogen-bond donors (Lipinski definition) is 2. The summed E-state index contributed by atoms with van der Waals surface area (Å²) in [5.41, 5.74) is 4.72. The molecule has 1 saturated carbocycles. The van der Waals surface area contributed by atoms with Crippen molar-refractivity contribution in [3.05, 3.63) is 20.8 Å². The molecule has 0 spiro atoms. The lowest BCUT2D eigenvalue weighted by Gasteiger charge is -2.24. The number of esters is 1. The van der Waals surface area contributed by atoms with E-state index in [0.717, 1.165) is 25.7 Å². The smallest absolute Gasteiger partial charge is 0.330 e. The first kappa shape index (κ1) is 24.7. The van der Waals surface area contributed by atoms with Crippen molar-refractivity contribution in [2.75, 3.05) is 23.8 Å². The van der Waals surface area contributed by atoms with Gasteiger partial charge in [0.05, 0.1) is 0 Å². The van der Waals surface area contributed by atoms with Gasteiger partial charge in [0, 0.05) is 19.5 Å². The summed E-state index contributed by atoms with van der Waals surface area (Å²) in [5, 5.41) is 0. The molecule has 1 fully saturated rings. The van der Waals surface area contributed by atoms with Crippen LogP contribution in [0, 0.1) is 5.92 Å². The number of aromatic nitrogens is 2. The number of rotatable bonds is 11. The van der Waals surface area contributed by atoms with Gasteiger partial charge in [-0.25, -0.2) is 4.79 Å². The molecule has 31 heavy (non-hydrogen) atoms. The number of unbranched alkanes of at least 4 members (excludes halogenated alkanes) is 1. The average Bonchev–Trinajstić information content (AvgIpc) is 2.76. The first-order valence-corrected chi connectivity index (χ1v) is 11.5. The standard InChI is InChI=1S/C22H36N4O5/c1-3-5-14-25(19-20(23)26(13-4-2)22(30)24-21(19)29)17(27)15-31-18(28)12-11-16-9-7-6-8-10-16/h16H,3-15,23H2,1-2H3,(H,24,29,30). The largest absolute Gasteiger partial charge is 0.456 e. The predicted molar refractivity (Wildman–Crippen MR) is 120 cm³/mol. The number of nitrogens with zero attached hydrogens (tertiary/aromatic N) is 2. The van der Waals surface area contributed by atoms with Gasteiger partial charge in [-0.2, -0.15) is 0 Å². The highest BCUT2D eigenvalue weighted by Gasteiger charge is 2.25.